The summed E-state index contributed by atoms with van der Waals surface area (Å²) in [6.07, 6.45) is 1.19. The molecule has 2 amide bonds. The SMILES string of the molecule is CNC(=O)C(Cc1ccccc1)N(Cc1ccccc1C)C(=O)CN(c1cccc(F)c1)S(C)(=O)=O. The molecule has 0 aliphatic carbocycles. The van der Waals surface area contributed by atoms with Gasteiger partial charge in [0.05, 0.1) is 11.9 Å². The summed E-state index contributed by atoms with van der Waals surface area (Å²) in [4.78, 5) is 28.2. The molecule has 0 aromatic heterocycles. The van der Waals surface area contributed by atoms with Gasteiger partial charge in [0, 0.05) is 20.0 Å². The van der Waals surface area contributed by atoms with Gasteiger partial charge in [0.2, 0.25) is 21.8 Å². The van der Waals surface area contributed by atoms with Gasteiger partial charge in [-0.3, -0.25) is 13.9 Å². The van der Waals surface area contributed by atoms with E-state index in [2.05, 4.69) is 5.32 Å². The summed E-state index contributed by atoms with van der Waals surface area (Å²) < 4.78 is 40.0. The number of amides is 2. The molecule has 3 aromatic rings. The van der Waals surface area contributed by atoms with Crippen molar-refractivity contribution in [3.8, 4) is 0 Å². The van der Waals surface area contributed by atoms with E-state index in [9.17, 15) is 22.4 Å². The highest BCUT2D eigenvalue weighted by Gasteiger charge is 2.32. The van der Waals surface area contributed by atoms with Gasteiger partial charge in [0.1, 0.15) is 18.4 Å². The Morgan fingerprint density at radius 3 is 2.25 bits per heavy atom. The highest BCUT2D eigenvalue weighted by molar-refractivity contribution is 7.92. The fourth-order valence-corrected chi connectivity index (χ4v) is 4.78. The van der Waals surface area contributed by atoms with Crippen LogP contribution >= 0.6 is 0 Å². The topological polar surface area (TPSA) is 86.8 Å². The minimum absolute atomic E-state index is 0.0289. The van der Waals surface area contributed by atoms with Crippen molar-refractivity contribution in [2.75, 3.05) is 24.2 Å². The number of carbonyl (C=O) groups excluding carboxylic acids is 2. The van der Waals surface area contributed by atoms with E-state index in [1.54, 1.807) is 0 Å². The average Bonchev–Trinajstić information content (AvgIpc) is 2.85. The maximum absolute atomic E-state index is 13.9. The van der Waals surface area contributed by atoms with Gasteiger partial charge in [-0.2, -0.15) is 0 Å². The van der Waals surface area contributed by atoms with Crippen molar-refractivity contribution in [1.82, 2.24) is 10.2 Å². The molecule has 3 rings (SSSR count). The van der Waals surface area contributed by atoms with E-state index in [-0.39, 0.29) is 24.6 Å². The van der Waals surface area contributed by atoms with E-state index in [1.807, 2.05) is 61.5 Å². The van der Waals surface area contributed by atoms with Gasteiger partial charge < -0.3 is 10.2 Å². The van der Waals surface area contributed by atoms with Crippen molar-refractivity contribution >= 4 is 27.5 Å². The van der Waals surface area contributed by atoms with Crippen LogP contribution in [-0.2, 0) is 32.6 Å². The van der Waals surface area contributed by atoms with Crippen LogP contribution in [0.25, 0.3) is 0 Å². The molecule has 7 nitrogen and oxygen atoms in total. The molecule has 0 heterocycles. The van der Waals surface area contributed by atoms with Gasteiger partial charge in [-0.25, -0.2) is 12.8 Å². The molecule has 36 heavy (non-hydrogen) atoms. The number of halogens is 1. The van der Waals surface area contributed by atoms with Crippen molar-refractivity contribution in [2.24, 2.45) is 0 Å². The second kappa shape index (κ2) is 11.8. The number of sulfonamides is 1. The Morgan fingerprint density at radius 1 is 0.972 bits per heavy atom. The first-order valence-electron chi connectivity index (χ1n) is 11.4. The standard InChI is InChI=1S/C27H30FN3O4S/c1-20-10-7-8-13-22(20)18-30(25(27(33)29-2)16-21-11-5-4-6-12-21)26(32)19-31(36(3,34)35)24-15-9-14-23(28)17-24/h4-15,17,25H,16,18-19H2,1-3H3,(H,29,33). The third-order valence-corrected chi connectivity index (χ3v) is 7.04. The maximum atomic E-state index is 13.9. The van der Waals surface area contributed by atoms with E-state index >= 15 is 0 Å². The monoisotopic (exact) mass is 511 g/mol. The van der Waals surface area contributed by atoms with Crippen LogP contribution in [0.15, 0.2) is 78.9 Å². The summed E-state index contributed by atoms with van der Waals surface area (Å²) in [5.41, 5.74) is 2.63. The predicted octanol–water partition coefficient (Wildman–Crippen LogP) is 3.29. The number of benzene rings is 3. The number of likely N-dealkylation sites (N-methyl/N-ethyl adjacent to an activating group) is 1. The van der Waals surface area contributed by atoms with E-state index in [1.165, 1.54) is 30.1 Å². The highest BCUT2D eigenvalue weighted by Crippen LogP contribution is 2.21. The number of hydrogen-bond acceptors (Lipinski definition) is 4. The molecule has 1 N–H and O–H groups in total. The molecule has 1 unspecified atom stereocenters. The summed E-state index contributed by atoms with van der Waals surface area (Å²) in [7, 11) is -2.44. The summed E-state index contributed by atoms with van der Waals surface area (Å²) in [5, 5.41) is 2.63. The average molecular weight is 512 g/mol. The number of aryl methyl sites for hydroxylation is 1. The van der Waals surface area contributed by atoms with Gasteiger partial charge in [0.15, 0.2) is 0 Å². The minimum atomic E-state index is -3.94. The van der Waals surface area contributed by atoms with Gasteiger partial charge >= 0.3 is 0 Å². The molecule has 3 aromatic carbocycles. The second-order valence-corrected chi connectivity index (χ2v) is 10.4. The Labute approximate surface area is 211 Å². The molecule has 0 aliphatic rings. The molecule has 0 saturated heterocycles. The maximum Gasteiger partial charge on any atom is 0.244 e. The van der Waals surface area contributed by atoms with E-state index in [0.717, 1.165) is 33.3 Å². The Hall–Kier alpha value is -3.72. The number of rotatable bonds is 10. The van der Waals surface area contributed by atoms with Crippen molar-refractivity contribution in [3.63, 3.8) is 0 Å². The summed E-state index contributed by atoms with van der Waals surface area (Å²) in [6.45, 7) is 1.41. The predicted molar refractivity (Wildman–Crippen MR) is 138 cm³/mol. The Balaban J connectivity index is 2.04. The van der Waals surface area contributed by atoms with Crippen LogP contribution in [-0.4, -0.2) is 51.0 Å². The largest absolute Gasteiger partial charge is 0.357 e. The van der Waals surface area contributed by atoms with Crippen LogP contribution in [0.2, 0.25) is 0 Å². The molecule has 0 saturated carbocycles. The lowest BCUT2D eigenvalue weighted by molar-refractivity contribution is -0.139. The number of nitrogens with one attached hydrogen (secondary N) is 1. The number of carbonyl (C=O) groups is 2. The van der Waals surface area contributed by atoms with Crippen LogP contribution in [0, 0.1) is 12.7 Å². The van der Waals surface area contributed by atoms with Crippen LogP contribution in [0.3, 0.4) is 0 Å². The summed E-state index contributed by atoms with van der Waals surface area (Å²) in [6, 6.07) is 20.9. The fraction of sp³-hybridized carbons (Fsp3) is 0.259. The first kappa shape index (κ1) is 26.9. The fourth-order valence-electron chi connectivity index (χ4n) is 3.94. The lowest BCUT2D eigenvalue weighted by Gasteiger charge is -2.33. The van der Waals surface area contributed by atoms with E-state index in [0.29, 0.717) is 0 Å². The number of nitrogens with zero attached hydrogens (tertiary/aromatic N) is 2. The smallest absolute Gasteiger partial charge is 0.244 e. The third-order valence-electron chi connectivity index (χ3n) is 5.89. The third kappa shape index (κ3) is 6.91. The molecule has 0 aliphatic heterocycles. The molecule has 0 bridgehead atoms. The van der Waals surface area contributed by atoms with Gasteiger partial charge in [-0.15, -0.1) is 0 Å². The molecule has 9 heteroatoms. The Kier molecular flexibility index (Phi) is 8.82. The molecular formula is C27H30FN3O4S. The number of hydrogen-bond donors (Lipinski definition) is 1. The zero-order valence-electron chi connectivity index (χ0n) is 20.5. The number of anilines is 1. The van der Waals surface area contributed by atoms with Crippen LogP contribution < -0.4 is 9.62 Å². The normalized spacial score (nSPS) is 12.0. The zero-order valence-corrected chi connectivity index (χ0v) is 21.3. The van der Waals surface area contributed by atoms with Crippen molar-refractivity contribution in [2.45, 2.75) is 25.9 Å². The zero-order chi connectivity index (χ0) is 26.3. The molecular weight excluding hydrogens is 481 g/mol. The van der Waals surface area contributed by atoms with Crippen LogP contribution in [0.5, 0.6) is 0 Å². The lowest BCUT2D eigenvalue weighted by Crippen LogP contribution is -2.53. The molecule has 0 spiro atoms. The quantitative estimate of drug-likeness (QED) is 0.453. The summed E-state index contributed by atoms with van der Waals surface area (Å²) in [5.74, 6) is -1.59. The minimum Gasteiger partial charge on any atom is -0.357 e. The molecule has 0 radical (unpaired) electrons. The molecule has 190 valence electrons. The van der Waals surface area contributed by atoms with E-state index in [4.69, 9.17) is 0 Å². The van der Waals surface area contributed by atoms with Gasteiger partial charge in [-0.1, -0.05) is 60.7 Å². The van der Waals surface area contributed by atoms with Crippen LogP contribution in [0.1, 0.15) is 16.7 Å². The van der Waals surface area contributed by atoms with Crippen molar-refractivity contribution in [3.05, 3.63) is 101 Å². The Morgan fingerprint density at radius 2 is 1.64 bits per heavy atom. The second-order valence-electron chi connectivity index (χ2n) is 8.52. The van der Waals surface area contributed by atoms with Gasteiger partial charge in [0.25, 0.3) is 0 Å². The molecule has 1 atom stereocenters. The van der Waals surface area contributed by atoms with Crippen LogP contribution in [0.4, 0.5) is 10.1 Å². The van der Waals surface area contributed by atoms with Crippen molar-refractivity contribution < 1.29 is 22.4 Å². The highest BCUT2D eigenvalue weighted by atomic mass is 32.2. The first-order valence-corrected chi connectivity index (χ1v) is 13.3. The van der Waals surface area contributed by atoms with E-state index < -0.39 is 34.3 Å². The summed E-state index contributed by atoms with van der Waals surface area (Å²) >= 11 is 0. The molecule has 0 fully saturated rings. The first-order chi connectivity index (χ1) is 17.1. The Bertz CT molecular complexity index is 1320. The van der Waals surface area contributed by atoms with Gasteiger partial charge in [-0.05, 0) is 41.8 Å². The van der Waals surface area contributed by atoms with Crippen molar-refractivity contribution in [1.29, 1.82) is 0 Å². The lowest BCUT2D eigenvalue weighted by atomic mass is 10.0.